The number of carbonyl (C=O) groups excluding carboxylic acids is 3. The molecule has 0 N–H and O–H groups in total. The van der Waals surface area contributed by atoms with E-state index in [1.807, 2.05) is 62.3 Å². The summed E-state index contributed by atoms with van der Waals surface area (Å²) in [4.78, 5) is 36.0. The second-order valence-corrected chi connectivity index (χ2v) is 45.5. The van der Waals surface area contributed by atoms with Crippen LogP contribution in [0.25, 0.3) is 0 Å². The maximum atomic E-state index is 12.2. The Kier molecular flexibility index (Phi) is 21.4. The van der Waals surface area contributed by atoms with Crippen molar-refractivity contribution in [2.75, 3.05) is 6.61 Å². The van der Waals surface area contributed by atoms with Crippen molar-refractivity contribution in [2.24, 2.45) is 16.2 Å². The number of carbonyl (C=O) groups is 3. The Balaban J connectivity index is 0.000000795. The molecule has 0 amide bonds. The van der Waals surface area contributed by atoms with Crippen LogP contribution in [0.4, 0.5) is 0 Å². The van der Waals surface area contributed by atoms with Crippen molar-refractivity contribution in [1.29, 1.82) is 0 Å². The average Bonchev–Trinajstić information content (AvgIpc) is 3.00. The topological polar surface area (TPSA) is 97.4 Å². The smallest absolute Gasteiger partial charge is 0.311 e. The van der Waals surface area contributed by atoms with Gasteiger partial charge in [0.25, 0.3) is 0 Å². The molecule has 2 fully saturated rings. The van der Waals surface area contributed by atoms with Crippen LogP contribution >= 0.6 is 0 Å². The third-order valence-corrected chi connectivity index (χ3v) is 28.0. The molecule has 13 heteroatoms. The second-order valence-electron chi connectivity index (χ2n) is 22.2. The number of rotatable bonds is 15. The van der Waals surface area contributed by atoms with Gasteiger partial charge in [0, 0.05) is 20.2 Å². The minimum absolute atomic E-state index is 0.0125. The summed E-state index contributed by atoms with van der Waals surface area (Å²) in [5.41, 5.74) is -0.140. The average molecular weight is 864 g/mol. The molecular weight excluding hydrogens is 773 g/mol. The van der Waals surface area contributed by atoms with Gasteiger partial charge >= 0.3 is 17.9 Å². The molecule has 2 rings (SSSR count). The lowest BCUT2D eigenvalue weighted by Gasteiger charge is -2.43. The van der Waals surface area contributed by atoms with Crippen LogP contribution < -0.4 is 0 Å². The fourth-order valence-corrected chi connectivity index (χ4v) is 26.6. The fourth-order valence-electron chi connectivity index (χ4n) is 6.92. The first-order valence-electron chi connectivity index (χ1n) is 21.5. The molecule has 0 unspecified atom stereocenters. The fraction of sp³-hybridized carbons (Fsp3) is 0.929. The number of ether oxygens (including phenoxy) is 3. The summed E-state index contributed by atoms with van der Waals surface area (Å²) in [6.07, 6.45) is 8.28. The molecule has 0 spiro atoms. The molecular formula is C42H90O8Si5. The van der Waals surface area contributed by atoms with Crippen molar-refractivity contribution in [3.05, 3.63) is 0 Å². The van der Waals surface area contributed by atoms with E-state index in [0.29, 0.717) is 6.61 Å². The van der Waals surface area contributed by atoms with Crippen LogP contribution in [0.3, 0.4) is 0 Å². The van der Waals surface area contributed by atoms with E-state index < -0.39 is 41.3 Å². The van der Waals surface area contributed by atoms with Crippen LogP contribution in [-0.4, -0.2) is 78.1 Å². The van der Waals surface area contributed by atoms with Crippen molar-refractivity contribution in [3.8, 4) is 0 Å². The molecule has 1 heterocycles. The predicted molar refractivity (Wildman–Crippen MR) is 245 cm³/mol. The summed E-state index contributed by atoms with van der Waals surface area (Å²) < 4.78 is 29.3. The predicted octanol–water partition coefficient (Wildman–Crippen LogP) is 12.8. The molecule has 0 atom stereocenters. The van der Waals surface area contributed by atoms with Gasteiger partial charge in [0.2, 0.25) is 0 Å². The van der Waals surface area contributed by atoms with Gasteiger partial charge in [-0.1, -0.05) is 40.4 Å². The second kappa shape index (κ2) is 21.6. The van der Waals surface area contributed by atoms with Crippen molar-refractivity contribution < 1.29 is 36.8 Å². The molecule has 8 nitrogen and oxygen atoms in total. The maximum Gasteiger partial charge on any atom is 0.311 e. The van der Waals surface area contributed by atoms with Crippen LogP contribution in [0.5, 0.6) is 0 Å². The lowest BCUT2D eigenvalue weighted by atomic mass is 9.90. The molecule has 0 radical (unpaired) electrons. The summed E-state index contributed by atoms with van der Waals surface area (Å²) >= 11 is 0. The van der Waals surface area contributed by atoms with Gasteiger partial charge in [-0.3, -0.25) is 14.4 Å². The van der Waals surface area contributed by atoms with Crippen LogP contribution in [0.15, 0.2) is 0 Å². The van der Waals surface area contributed by atoms with Crippen LogP contribution in [0.1, 0.15) is 114 Å². The van der Waals surface area contributed by atoms with Gasteiger partial charge in [-0.05, 0) is 163 Å². The Morgan fingerprint density at radius 2 is 1.00 bits per heavy atom. The summed E-state index contributed by atoms with van der Waals surface area (Å²) in [6.45, 7) is 45.8. The van der Waals surface area contributed by atoms with E-state index >= 15 is 0 Å². The van der Waals surface area contributed by atoms with Crippen molar-refractivity contribution >= 4 is 59.3 Å². The van der Waals surface area contributed by atoms with Crippen molar-refractivity contribution in [1.82, 2.24) is 0 Å². The molecule has 326 valence electrons. The molecule has 1 aliphatic carbocycles. The molecule has 0 aromatic carbocycles. The van der Waals surface area contributed by atoms with E-state index in [0.717, 1.165) is 62.2 Å². The highest BCUT2D eigenvalue weighted by atomic mass is 28.4. The van der Waals surface area contributed by atoms with E-state index in [2.05, 4.69) is 78.6 Å². The summed E-state index contributed by atoms with van der Waals surface area (Å²) in [7, 11) is -7.34. The van der Waals surface area contributed by atoms with Crippen molar-refractivity contribution in [3.63, 3.8) is 0 Å². The van der Waals surface area contributed by atoms with Gasteiger partial charge in [-0.2, -0.15) is 0 Å². The summed E-state index contributed by atoms with van der Waals surface area (Å²) in [6, 6.07) is 2.93. The standard InChI is InChI=1S/C15H30O2Si.C14H32O3Si2.C13H28O3Si2/c1-7-15(2,3)14(16)17-12-8-10-13(11-9-12)18(4,5)6;1-9-14(2,3)13(15)16-11-10-12-19(7,8)17-18(4,5)6;1-8-13(2,3)12(14)15-11-9-17(4,5)16-18(6,7)10-11/h12-13H,7-11H2,1-6H3;9-12H2,1-8H3;11H,8-10H2,1-7H3. The molecule has 2 aliphatic rings. The maximum absolute atomic E-state index is 12.2. The zero-order chi connectivity index (χ0) is 43.5. The van der Waals surface area contributed by atoms with E-state index in [1.165, 1.54) is 12.8 Å². The lowest BCUT2D eigenvalue weighted by molar-refractivity contribution is -0.161. The Hall–Kier alpha value is -0.586. The molecule has 1 aliphatic heterocycles. The van der Waals surface area contributed by atoms with Gasteiger partial charge in [-0.25, -0.2) is 0 Å². The first-order valence-corrected chi connectivity index (χ1v) is 37.9. The quantitative estimate of drug-likeness (QED) is 0.0695. The normalized spacial score (nSPS) is 20.9. The molecule has 55 heavy (non-hydrogen) atoms. The molecule has 1 saturated heterocycles. The van der Waals surface area contributed by atoms with Crippen LogP contribution in [-0.2, 0) is 36.8 Å². The Morgan fingerprint density at radius 3 is 1.36 bits per heavy atom. The highest BCUT2D eigenvalue weighted by molar-refractivity contribution is 6.86. The van der Waals surface area contributed by atoms with Gasteiger partial charge in [0.1, 0.15) is 12.2 Å². The van der Waals surface area contributed by atoms with E-state index in [4.69, 9.17) is 22.4 Å². The number of hydrogen-bond acceptors (Lipinski definition) is 8. The monoisotopic (exact) mass is 863 g/mol. The lowest BCUT2D eigenvalue weighted by Crippen LogP contribution is -2.54. The third-order valence-electron chi connectivity index (χ3n) is 11.5. The minimum atomic E-state index is -1.64. The van der Waals surface area contributed by atoms with Gasteiger partial charge in [0.05, 0.1) is 22.9 Å². The largest absolute Gasteiger partial charge is 0.465 e. The Bertz CT molecular complexity index is 1180. The van der Waals surface area contributed by atoms with Gasteiger partial charge < -0.3 is 22.4 Å². The zero-order valence-electron chi connectivity index (χ0n) is 40.0. The highest BCUT2D eigenvalue weighted by Crippen LogP contribution is 2.39. The SMILES string of the molecule is CCC(C)(C)C(=O)OC1CCC([Si](C)(C)C)CC1.CCC(C)(C)C(=O)OC1C[Si](C)(C)O[Si](C)(C)C1.CCC(C)(C)C(=O)OCCC[Si](C)(C)O[Si](C)(C)C. The zero-order valence-corrected chi connectivity index (χ0v) is 45.0. The van der Waals surface area contributed by atoms with Gasteiger partial charge in [-0.15, -0.1) is 0 Å². The Labute approximate surface area is 345 Å². The van der Waals surface area contributed by atoms with E-state index in [1.54, 1.807) is 0 Å². The molecule has 0 aromatic rings. The number of esters is 3. The van der Waals surface area contributed by atoms with E-state index in [-0.39, 0.29) is 46.4 Å². The third kappa shape index (κ3) is 21.8. The molecule has 0 aromatic heterocycles. The Morgan fingerprint density at radius 1 is 0.618 bits per heavy atom. The van der Waals surface area contributed by atoms with Crippen LogP contribution in [0, 0.1) is 16.2 Å². The van der Waals surface area contributed by atoms with Gasteiger partial charge in [0.15, 0.2) is 33.3 Å². The molecule has 1 saturated carbocycles. The van der Waals surface area contributed by atoms with Crippen LogP contribution in [0.2, 0.25) is 102 Å². The van der Waals surface area contributed by atoms with Crippen molar-refractivity contribution in [2.45, 2.75) is 228 Å². The first-order chi connectivity index (χ1) is 24.5. The summed E-state index contributed by atoms with van der Waals surface area (Å²) in [5.74, 6) is -0.145. The minimum Gasteiger partial charge on any atom is -0.465 e. The molecule has 0 bridgehead atoms. The van der Waals surface area contributed by atoms with E-state index in [9.17, 15) is 14.4 Å². The summed E-state index contributed by atoms with van der Waals surface area (Å²) in [5, 5.41) is 0. The highest BCUT2D eigenvalue weighted by Gasteiger charge is 2.45. The first kappa shape index (κ1) is 54.4. The number of hydrogen-bond donors (Lipinski definition) is 0.